The number of aliphatic hydroxyl groups is 1. The van der Waals surface area contributed by atoms with Crippen LogP contribution in [0.15, 0.2) is 83.2 Å². The van der Waals surface area contributed by atoms with Crippen LogP contribution in [-0.4, -0.2) is 169 Å². The number of carbonyl (C=O) groups is 3. The van der Waals surface area contributed by atoms with Crippen molar-refractivity contribution in [2.45, 2.75) is 86.7 Å². The molecule has 2 saturated carbocycles. The second-order valence-corrected chi connectivity index (χ2v) is 30.0. The molecule has 4 aliphatic rings. The van der Waals surface area contributed by atoms with Crippen LogP contribution in [0.5, 0.6) is 11.5 Å². The van der Waals surface area contributed by atoms with Crippen LogP contribution in [0.1, 0.15) is 83.5 Å². The van der Waals surface area contributed by atoms with Crippen LogP contribution in [0.25, 0.3) is 21.8 Å². The number of hydrogen-bond donors (Lipinski definition) is 12. The molecule has 2 aliphatic heterocycles. The zero-order chi connectivity index (χ0) is 67.6. The van der Waals surface area contributed by atoms with E-state index in [1.54, 1.807) is 9.13 Å². The van der Waals surface area contributed by atoms with Crippen molar-refractivity contribution < 1.29 is 114 Å². The molecular weight excluding hydrogens is 1310 g/mol. The lowest BCUT2D eigenvalue weighted by Crippen LogP contribution is -2.49. The first-order valence-electron chi connectivity index (χ1n) is 27.9. The Balaban J connectivity index is 0.000000206. The normalized spacial score (nSPS) is 17.4. The highest BCUT2D eigenvalue weighted by Gasteiger charge is 2.65. The number of methoxy groups -OCH3 is 2. The van der Waals surface area contributed by atoms with Crippen LogP contribution in [0, 0.1) is 11.6 Å². The van der Waals surface area contributed by atoms with Crippen LogP contribution in [0.3, 0.4) is 0 Å². The number of hydrogen-bond acceptors (Lipinski definition) is 21. The van der Waals surface area contributed by atoms with Gasteiger partial charge < -0.3 is 103 Å². The number of aromatic carboxylic acids is 1. The number of nitrogens with zero attached hydrogens (tertiary/aromatic N) is 6. The smallest absolute Gasteiger partial charge is 0.492 e. The lowest BCUT2D eigenvalue weighted by atomic mass is 10.1. The number of ether oxygens (including phenoxy) is 5. The van der Waals surface area contributed by atoms with Crippen molar-refractivity contribution in [3.05, 3.63) is 128 Å². The molecule has 4 fully saturated rings. The van der Waals surface area contributed by atoms with Gasteiger partial charge in [-0.15, -0.1) is 0 Å². The molecule has 2 unspecified atom stereocenters. The van der Waals surface area contributed by atoms with E-state index >= 15 is 8.78 Å². The summed E-state index contributed by atoms with van der Waals surface area (Å²) in [5.41, 5.74) is -1.24. The van der Waals surface area contributed by atoms with Crippen molar-refractivity contribution in [1.29, 1.82) is 0 Å². The van der Waals surface area contributed by atoms with Crippen molar-refractivity contribution in [2.24, 2.45) is 0 Å². The van der Waals surface area contributed by atoms with Gasteiger partial charge >= 0.3 is 53.6 Å². The molecule has 2 atom stereocenters. The van der Waals surface area contributed by atoms with Gasteiger partial charge in [-0.25, -0.2) is 23.2 Å². The Kier molecular flexibility index (Phi) is 21.4. The van der Waals surface area contributed by atoms with Crippen molar-refractivity contribution in [1.82, 2.24) is 29.7 Å². The summed E-state index contributed by atoms with van der Waals surface area (Å²) in [4.78, 5) is 149. The third kappa shape index (κ3) is 15.1. The Morgan fingerprint density at radius 3 is 1.45 bits per heavy atom. The molecule has 10 rings (SSSR count). The number of anilines is 2. The molecule has 4 aromatic heterocycles. The number of pyridine rings is 4. The van der Waals surface area contributed by atoms with E-state index in [1.165, 1.54) is 63.3 Å². The number of carboxylic acids is 1. The molecule has 32 nitrogen and oxygen atoms in total. The lowest BCUT2D eigenvalue weighted by Gasteiger charge is -2.35. The maximum atomic E-state index is 15.7. The standard InChI is InChI=1S/C28H33FN4O13P2.C19H22FN3O4.C7H11NO7P2/c1-16-13-32(9-8-31-16)23-21(29)10-19-22(25(23)43-2)33(18-5-6-18)14-20(24(19)34)26(35)44-15-45-27(36)46-28(47(37,38)39,48(40,41)42)11-17-4-3-7-30-12-17;1-10-8-22(6-5-21-10)16-14(20)7-12-15(18(16)27-2)23(11-3-4-11)9-13(17(12)24)19(25)26;9-7(16(10,11)12,17(13,14)15)4-6-2-1-3-8-5-6/h3-4,7,10,12,14,16,18,31H,5-6,8-9,11,13,15H2,1-2H3,(H2,37,38,39)(H2,40,41,42);7,9-11,21H,3-6,8H2,1-2H3,(H,25,26);1-3,5,9H,4H2,(H2,10,11,12)(H2,13,14,15). The minimum atomic E-state index is -5.93. The summed E-state index contributed by atoms with van der Waals surface area (Å²) in [7, 11) is -19.9. The summed E-state index contributed by atoms with van der Waals surface area (Å²) in [6.07, 6.45) is 6.57. The van der Waals surface area contributed by atoms with Crippen LogP contribution in [0.2, 0.25) is 0 Å². The second-order valence-electron chi connectivity index (χ2n) is 22.0. The van der Waals surface area contributed by atoms with Gasteiger partial charge in [-0.1, -0.05) is 12.1 Å². The van der Waals surface area contributed by atoms with Gasteiger partial charge in [-0.3, -0.25) is 37.8 Å². The Labute approximate surface area is 520 Å². The maximum absolute atomic E-state index is 15.7. The van der Waals surface area contributed by atoms with Crippen molar-refractivity contribution in [3.63, 3.8) is 0 Å². The first-order chi connectivity index (χ1) is 43.1. The number of aromatic nitrogens is 4. The van der Waals surface area contributed by atoms with Gasteiger partial charge in [-0.05, 0) is 74.9 Å². The molecule has 38 heteroatoms. The van der Waals surface area contributed by atoms with E-state index in [0.717, 1.165) is 43.9 Å². The van der Waals surface area contributed by atoms with Crippen LogP contribution in [0.4, 0.5) is 25.0 Å². The summed E-state index contributed by atoms with van der Waals surface area (Å²) < 4.78 is 106. The van der Waals surface area contributed by atoms with Crippen molar-refractivity contribution >= 4 is 81.7 Å². The fraction of sp³-hybridized carbons (Fsp3) is 0.426. The van der Waals surface area contributed by atoms with E-state index in [1.807, 2.05) is 23.6 Å². The number of halogens is 2. The predicted molar refractivity (Wildman–Crippen MR) is 322 cm³/mol. The van der Waals surface area contributed by atoms with E-state index in [-0.39, 0.29) is 68.6 Å². The van der Waals surface area contributed by atoms with Gasteiger partial charge in [-0.2, -0.15) is 0 Å². The number of fused-ring (bicyclic) bond motifs is 2. The molecule has 0 spiro atoms. The van der Waals surface area contributed by atoms with Crippen molar-refractivity contribution in [2.75, 3.05) is 70.1 Å². The average molecular weight is 1370 g/mol. The number of carboxylic acid groups (broad SMARTS) is 1. The van der Waals surface area contributed by atoms with E-state index in [0.29, 0.717) is 62.5 Å². The van der Waals surface area contributed by atoms with Gasteiger partial charge in [0.05, 0.1) is 36.0 Å². The third-order valence-corrected chi connectivity index (χ3v) is 22.9. The molecule has 2 aromatic carbocycles. The van der Waals surface area contributed by atoms with Gasteiger partial charge in [0, 0.05) is 113 Å². The second kappa shape index (κ2) is 27.9. The minimum absolute atomic E-state index is 0.0445. The van der Waals surface area contributed by atoms with Gasteiger partial charge in [0.2, 0.25) is 17.7 Å². The topological polar surface area (TPSA) is 468 Å². The highest BCUT2D eigenvalue weighted by atomic mass is 31.2. The SMILES string of the molecule is COc1c(N2CCNC(C)C2)c(F)cc2c(=O)c(C(=O)O)cn(C3CC3)c12.COc1c(N2CCNC(C)C2)c(F)cc2c(=O)c(C(=O)OCOC(=O)OC(Cc3cccnc3)(P(=O)(O)O)P(=O)(O)O)cn(C3CC3)c12.O=P(O)(O)C(O)(Cc1cccnc1)P(=O)(O)O. The molecule has 500 valence electrons. The van der Waals surface area contributed by atoms with Gasteiger partial charge in [0.25, 0.3) is 5.08 Å². The largest absolute Gasteiger partial charge is 0.513 e. The van der Waals surface area contributed by atoms with E-state index in [2.05, 4.69) is 30.1 Å². The van der Waals surface area contributed by atoms with Crippen molar-refractivity contribution in [3.8, 4) is 11.5 Å². The molecule has 6 aromatic rings. The number of rotatable bonds is 19. The Bertz CT molecular complexity index is 4060. The molecule has 0 bridgehead atoms. The number of carbonyl (C=O) groups excluding carboxylic acids is 2. The highest BCUT2D eigenvalue weighted by Crippen LogP contribution is 2.71. The quantitative estimate of drug-likeness (QED) is 0.0312. The van der Waals surface area contributed by atoms with Crippen LogP contribution >= 0.6 is 30.4 Å². The summed E-state index contributed by atoms with van der Waals surface area (Å²) in [6, 6.07) is 7.69. The van der Waals surface area contributed by atoms with Crippen LogP contribution in [-0.2, 0) is 45.3 Å². The van der Waals surface area contributed by atoms with E-state index < -0.39 is 106 Å². The fourth-order valence-corrected chi connectivity index (χ4v) is 15.2. The molecule has 2 saturated heterocycles. The molecule has 6 heterocycles. The van der Waals surface area contributed by atoms with E-state index in [4.69, 9.17) is 33.8 Å². The molecular formula is C54H66F2N8O24P4. The number of benzene rings is 2. The predicted octanol–water partition coefficient (Wildman–Crippen LogP) is 3.80. The Morgan fingerprint density at radius 1 is 0.652 bits per heavy atom. The zero-order valence-corrected chi connectivity index (χ0v) is 52.9. The molecule has 12 N–H and O–H groups in total. The minimum Gasteiger partial charge on any atom is -0.492 e. The summed E-state index contributed by atoms with van der Waals surface area (Å²) >= 11 is 0. The van der Waals surface area contributed by atoms with Gasteiger partial charge in [0.15, 0.2) is 23.1 Å². The molecule has 92 heavy (non-hydrogen) atoms. The monoisotopic (exact) mass is 1370 g/mol. The summed E-state index contributed by atoms with van der Waals surface area (Å²) in [6.45, 7) is 6.19. The van der Waals surface area contributed by atoms with Crippen LogP contribution < -0.4 is 40.8 Å². The number of nitrogens with one attached hydrogen (secondary N) is 2. The molecule has 0 radical (unpaired) electrons. The first-order valence-corrected chi connectivity index (χ1v) is 34.4. The van der Waals surface area contributed by atoms with E-state index in [9.17, 15) is 72.0 Å². The Hall–Kier alpha value is -7.09. The summed E-state index contributed by atoms with van der Waals surface area (Å²) in [5.74, 6) is -3.52. The third-order valence-electron chi connectivity index (χ3n) is 15.3. The maximum Gasteiger partial charge on any atom is 0.513 e. The fourth-order valence-electron chi connectivity index (χ4n) is 10.5. The first kappa shape index (κ1) is 70.8. The number of piperazine rings is 2. The lowest BCUT2D eigenvalue weighted by molar-refractivity contribution is -0.0413. The Morgan fingerprint density at radius 2 is 1.08 bits per heavy atom. The summed E-state index contributed by atoms with van der Waals surface area (Å²) in [5, 5.41) is 18.3. The highest BCUT2D eigenvalue weighted by molar-refractivity contribution is 7.72. The molecule has 0 amide bonds. The zero-order valence-electron chi connectivity index (χ0n) is 49.3. The number of esters is 1. The van der Waals surface area contributed by atoms with Gasteiger partial charge in [0.1, 0.15) is 22.5 Å². The average Bonchev–Trinajstić information content (AvgIpc) is 0.807. The molecule has 2 aliphatic carbocycles.